The molecule has 2 aliphatic heterocycles. The first-order valence-electron chi connectivity index (χ1n) is 9.52. The van der Waals surface area contributed by atoms with Gasteiger partial charge in [-0.1, -0.05) is 6.07 Å². The van der Waals surface area contributed by atoms with Gasteiger partial charge in [-0.2, -0.15) is 13.2 Å². The van der Waals surface area contributed by atoms with Crippen LogP contribution >= 0.6 is 22.6 Å². The van der Waals surface area contributed by atoms with Gasteiger partial charge in [0, 0.05) is 35.4 Å². The Balaban J connectivity index is 1.43. The monoisotopic (exact) mass is 529 g/mol. The first-order valence-corrected chi connectivity index (χ1v) is 10.6. The number of benzene rings is 2. The van der Waals surface area contributed by atoms with Crippen molar-refractivity contribution in [2.75, 3.05) is 36.0 Å². The van der Waals surface area contributed by atoms with Crippen molar-refractivity contribution in [1.82, 2.24) is 4.90 Å². The van der Waals surface area contributed by atoms with E-state index >= 15 is 0 Å². The Morgan fingerprint density at radius 3 is 2.20 bits per heavy atom. The minimum atomic E-state index is -4.38. The van der Waals surface area contributed by atoms with E-state index in [4.69, 9.17) is 0 Å². The highest BCUT2D eigenvalue weighted by atomic mass is 127. The van der Waals surface area contributed by atoms with Crippen molar-refractivity contribution in [3.05, 3.63) is 57.7 Å². The van der Waals surface area contributed by atoms with E-state index in [1.165, 1.54) is 11.0 Å². The average Bonchev–Trinajstić information content (AvgIpc) is 3.02. The second-order valence-corrected chi connectivity index (χ2v) is 8.58. The van der Waals surface area contributed by atoms with Gasteiger partial charge in [0.2, 0.25) is 5.91 Å². The SMILES string of the molecule is O=C1C[C@H](N2CCN(c3cccc(C(F)(F)F)c3)CC2)C(=O)N1c1ccc(I)cc1. The van der Waals surface area contributed by atoms with Crippen LogP contribution in [0, 0.1) is 3.57 Å². The number of amides is 2. The second kappa shape index (κ2) is 8.18. The molecule has 2 heterocycles. The Labute approximate surface area is 185 Å². The van der Waals surface area contributed by atoms with Crippen molar-refractivity contribution in [3.8, 4) is 0 Å². The van der Waals surface area contributed by atoms with Gasteiger partial charge in [0.25, 0.3) is 5.91 Å². The van der Waals surface area contributed by atoms with Crippen molar-refractivity contribution in [2.24, 2.45) is 0 Å². The van der Waals surface area contributed by atoms with Gasteiger partial charge in [-0.3, -0.25) is 14.5 Å². The number of carbonyl (C=O) groups is 2. The fourth-order valence-electron chi connectivity index (χ4n) is 3.93. The summed E-state index contributed by atoms with van der Waals surface area (Å²) in [4.78, 5) is 30.5. The van der Waals surface area contributed by atoms with E-state index in [0.717, 1.165) is 15.7 Å². The normalized spacial score (nSPS) is 20.9. The van der Waals surface area contributed by atoms with Gasteiger partial charge in [0.1, 0.15) is 0 Å². The van der Waals surface area contributed by atoms with Gasteiger partial charge in [0.05, 0.1) is 23.7 Å². The highest BCUT2D eigenvalue weighted by molar-refractivity contribution is 14.1. The van der Waals surface area contributed by atoms with Crippen molar-refractivity contribution in [1.29, 1.82) is 0 Å². The molecule has 0 spiro atoms. The maximum absolute atomic E-state index is 13.0. The lowest BCUT2D eigenvalue weighted by Crippen LogP contribution is -2.52. The van der Waals surface area contributed by atoms with Crippen LogP contribution in [0.3, 0.4) is 0 Å². The summed E-state index contributed by atoms with van der Waals surface area (Å²) in [6.45, 7) is 1.98. The van der Waals surface area contributed by atoms with E-state index in [-0.39, 0.29) is 18.2 Å². The number of piperazine rings is 1. The maximum atomic E-state index is 13.0. The lowest BCUT2D eigenvalue weighted by atomic mass is 10.1. The lowest BCUT2D eigenvalue weighted by molar-refractivity contribution is -0.137. The van der Waals surface area contributed by atoms with Crippen LogP contribution in [0.5, 0.6) is 0 Å². The molecule has 0 saturated carbocycles. The molecule has 0 bridgehead atoms. The minimum Gasteiger partial charge on any atom is -0.369 e. The molecule has 158 valence electrons. The van der Waals surface area contributed by atoms with Gasteiger partial charge in [-0.05, 0) is 65.1 Å². The van der Waals surface area contributed by atoms with E-state index in [1.54, 1.807) is 18.2 Å². The predicted molar refractivity (Wildman–Crippen MR) is 115 cm³/mol. The average molecular weight is 529 g/mol. The zero-order valence-corrected chi connectivity index (χ0v) is 18.1. The summed E-state index contributed by atoms with van der Waals surface area (Å²) in [7, 11) is 0. The molecule has 30 heavy (non-hydrogen) atoms. The lowest BCUT2D eigenvalue weighted by Gasteiger charge is -2.38. The third kappa shape index (κ3) is 4.18. The highest BCUT2D eigenvalue weighted by Crippen LogP contribution is 2.32. The van der Waals surface area contributed by atoms with Crippen LogP contribution < -0.4 is 9.80 Å². The number of alkyl halides is 3. The molecule has 0 N–H and O–H groups in total. The van der Waals surface area contributed by atoms with Crippen LogP contribution in [0.1, 0.15) is 12.0 Å². The van der Waals surface area contributed by atoms with Crippen LogP contribution in [0.25, 0.3) is 0 Å². The fraction of sp³-hybridized carbons (Fsp3) is 0.333. The molecule has 1 atom stereocenters. The van der Waals surface area contributed by atoms with Crippen LogP contribution in [-0.2, 0) is 15.8 Å². The number of halogens is 4. The number of rotatable bonds is 3. The summed E-state index contributed by atoms with van der Waals surface area (Å²) in [5.41, 5.74) is 0.404. The first kappa shape index (κ1) is 21.1. The number of hydrogen-bond donors (Lipinski definition) is 0. The molecule has 2 saturated heterocycles. The Hall–Kier alpha value is -2.14. The number of hydrogen-bond acceptors (Lipinski definition) is 4. The van der Waals surface area contributed by atoms with E-state index in [9.17, 15) is 22.8 Å². The number of anilines is 2. The first-order chi connectivity index (χ1) is 14.2. The second-order valence-electron chi connectivity index (χ2n) is 7.33. The fourth-order valence-corrected chi connectivity index (χ4v) is 4.29. The largest absolute Gasteiger partial charge is 0.416 e. The summed E-state index contributed by atoms with van der Waals surface area (Å²) in [5.74, 6) is -0.472. The van der Waals surface area contributed by atoms with Crippen LogP contribution in [0.2, 0.25) is 0 Å². The number of carbonyl (C=O) groups excluding carboxylic acids is 2. The van der Waals surface area contributed by atoms with Crippen molar-refractivity contribution in [3.63, 3.8) is 0 Å². The van der Waals surface area contributed by atoms with Gasteiger partial charge in [-0.15, -0.1) is 0 Å². The molecule has 0 radical (unpaired) electrons. The molecule has 0 aliphatic carbocycles. The Morgan fingerprint density at radius 1 is 0.900 bits per heavy atom. The molecule has 2 aromatic rings. The van der Waals surface area contributed by atoms with E-state index in [0.29, 0.717) is 37.6 Å². The standard InChI is InChI=1S/C21H19F3IN3O2/c22-21(23,24)14-2-1-3-17(12-14)26-8-10-27(11-9-26)18-13-19(29)28(20(18)30)16-6-4-15(25)5-7-16/h1-7,12,18H,8-11,13H2/t18-/m0/s1. The predicted octanol–water partition coefficient (Wildman–Crippen LogP) is 3.76. The summed E-state index contributed by atoms with van der Waals surface area (Å²) < 4.78 is 39.9. The third-order valence-electron chi connectivity index (χ3n) is 5.50. The van der Waals surface area contributed by atoms with Crippen molar-refractivity contribution in [2.45, 2.75) is 18.6 Å². The summed E-state index contributed by atoms with van der Waals surface area (Å²) >= 11 is 2.16. The summed E-state index contributed by atoms with van der Waals surface area (Å²) in [6, 6.07) is 11.9. The quantitative estimate of drug-likeness (QED) is 0.449. The topological polar surface area (TPSA) is 43.9 Å². The molecular formula is C21H19F3IN3O2. The molecule has 0 unspecified atom stereocenters. The molecule has 0 aromatic heterocycles. The van der Waals surface area contributed by atoms with Gasteiger partial charge in [0.15, 0.2) is 0 Å². The zero-order valence-electron chi connectivity index (χ0n) is 15.9. The smallest absolute Gasteiger partial charge is 0.369 e. The summed E-state index contributed by atoms with van der Waals surface area (Å²) in [5, 5.41) is 0. The summed E-state index contributed by atoms with van der Waals surface area (Å²) in [6.07, 6.45) is -4.26. The molecule has 2 aliphatic rings. The number of imide groups is 1. The molecule has 2 amide bonds. The van der Waals surface area contributed by atoms with E-state index in [1.807, 2.05) is 21.9 Å². The maximum Gasteiger partial charge on any atom is 0.416 e. The Kier molecular flexibility index (Phi) is 5.75. The molecular weight excluding hydrogens is 510 g/mol. The Bertz CT molecular complexity index is 957. The molecule has 9 heteroatoms. The van der Waals surface area contributed by atoms with Crippen molar-refractivity contribution >= 4 is 45.8 Å². The van der Waals surface area contributed by atoms with Crippen molar-refractivity contribution < 1.29 is 22.8 Å². The molecule has 4 rings (SSSR count). The van der Waals surface area contributed by atoms with E-state index in [2.05, 4.69) is 22.6 Å². The molecule has 2 fully saturated rings. The Morgan fingerprint density at radius 2 is 1.57 bits per heavy atom. The third-order valence-corrected chi connectivity index (χ3v) is 6.22. The number of nitrogens with zero attached hydrogens (tertiary/aromatic N) is 3. The van der Waals surface area contributed by atoms with Gasteiger partial charge >= 0.3 is 6.18 Å². The van der Waals surface area contributed by atoms with Crippen LogP contribution in [-0.4, -0.2) is 48.9 Å². The minimum absolute atomic E-state index is 0.119. The van der Waals surface area contributed by atoms with Gasteiger partial charge in [-0.25, -0.2) is 4.90 Å². The zero-order chi connectivity index (χ0) is 21.5. The van der Waals surface area contributed by atoms with E-state index < -0.39 is 17.8 Å². The molecule has 2 aromatic carbocycles. The molecule has 5 nitrogen and oxygen atoms in total. The van der Waals surface area contributed by atoms with Gasteiger partial charge < -0.3 is 4.90 Å². The van der Waals surface area contributed by atoms with Crippen LogP contribution in [0.15, 0.2) is 48.5 Å². The van der Waals surface area contributed by atoms with Crippen LogP contribution in [0.4, 0.5) is 24.5 Å². The highest BCUT2D eigenvalue weighted by Gasteiger charge is 2.43.